The number of rotatable bonds is 6. The lowest BCUT2D eigenvalue weighted by atomic mass is 10.3. The van der Waals surface area contributed by atoms with Crippen LogP contribution in [0.25, 0.3) is 10.7 Å². The van der Waals surface area contributed by atoms with E-state index < -0.39 is 0 Å². The third-order valence-electron chi connectivity index (χ3n) is 2.73. The van der Waals surface area contributed by atoms with Crippen LogP contribution in [0.3, 0.4) is 0 Å². The van der Waals surface area contributed by atoms with Crippen molar-refractivity contribution in [2.24, 2.45) is 0 Å². The molecule has 0 fully saturated rings. The molecule has 0 saturated heterocycles. The fourth-order valence-corrected chi connectivity index (χ4v) is 2.61. The highest BCUT2D eigenvalue weighted by Crippen LogP contribution is 2.25. The molecule has 0 saturated carbocycles. The zero-order valence-electron chi connectivity index (χ0n) is 11.2. The molecule has 0 atom stereocenters. The summed E-state index contributed by atoms with van der Waals surface area (Å²) in [5, 5.41) is 6.54. The molecule has 0 aromatic carbocycles. The number of hydrogen-bond acceptors (Lipinski definition) is 4. The van der Waals surface area contributed by atoms with Gasteiger partial charge in [-0.05, 0) is 26.8 Å². The van der Waals surface area contributed by atoms with Gasteiger partial charge in [-0.25, -0.2) is 9.97 Å². The third kappa shape index (κ3) is 2.97. The Balaban J connectivity index is 2.11. The predicted octanol–water partition coefficient (Wildman–Crippen LogP) is 3.09. The van der Waals surface area contributed by atoms with Crippen LogP contribution in [-0.2, 0) is 6.54 Å². The summed E-state index contributed by atoms with van der Waals surface area (Å²) in [7, 11) is 0. The Morgan fingerprint density at radius 3 is 3.00 bits per heavy atom. The Morgan fingerprint density at radius 1 is 1.44 bits per heavy atom. The quantitative estimate of drug-likeness (QED) is 0.815. The monoisotopic (exact) mass is 264 g/mol. The van der Waals surface area contributed by atoms with Gasteiger partial charge in [-0.2, -0.15) is 0 Å². The second-order valence-corrected chi connectivity index (χ2v) is 5.46. The average Bonchev–Trinajstić information content (AvgIpc) is 2.96. The summed E-state index contributed by atoms with van der Waals surface area (Å²) in [6.07, 6.45) is 4.91. The molecule has 2 heterocycles. The number of nitrogens with zero attached hydrogens (tertiary/aromatic N) is 3. The molecule has 4 nitrogen and oxygen atoms in total. The Hall–Kier alpha value is -1.20. The molecule has 2 rings (SSSR count). The fourth-order valence-electron chi connectivity index (χ4n) is 1.78. The smallest absolute Gasteiger partial charge is 0.141 e. The van der Waals surface area contributed by atoms with Crippen molar-refractivity contribution in [3.05, 3.63) is 23.6 Å². The second kappa shape index (κ2) is 6.11. The van der Waals surface area contributed by atoms with E-state index in [1.807, 2.05) is 12.5 Å². The molecule has 1 N–H and O–H groups in total. The molecule has 0 aliphatic rings. The first kappa shape index (κ1) is 13.2. The third-order valence-corrected chi connectivity index (χ3v) is 3.64. The summed E-state index contributed by atoms with van der Waals surface area (Å²) < 4.78 is 2.15. The summed E-state index contributed by atoms with van der Waals surface area (Å²) in [6.45, 7) is 8.36. The maximum absolute atomic E-state index is 4.66. The Labute approximate surface area is 112 Å². The van der Waals surface area contributed by atoms with E-state index >= 15 is 0 Å². The number of nitrogens with one attached hydrogen (secondary N) is 1. The molecule has 0 amide bonds. The van der Waals surface area contributed by atoms with Crippen molar-refractivity contribution in [2.45, 2.75) is 39.8 Å². The first-order chi connectivity index (χ1) is 8.72. The zero-order chi connectivity index (χ0) is 13.0. The predicted molar refractivity (Wildman–Crippen MR) is 75.7 cm³/mol. The van der Waals surface area contributed by atoms with Crippen LogP contribution < -0.4 is 5.32 Å². The fraction of sp³-hybridized carbons (Fsp3) is 0.538. The van der Waals surface area contributed by atoms with Crippen molar-refractivity contribution < 1.29 is 0 Å². The lowest BCUT2D eigenvalue weighted by Gasteiger charge is -2.09. The Kier molecular flexibility index (Phi) is 4.49. The molecule has 0 bridgehead atoms. The van der Waals surface area contributed by atoms with Crippen molar-refractivity contribution >= 4 is 11.3 Å². The van der Waals surface area contributed by atoms with Crippen LogP contribution in [0.15, 0.2) is 17.9 Å². The molecule has 0 radical (unpaired) electrons. The van der Waals surface area contributed by atoms with Crippen LogP contribution in [0.5, 0.6) is 0 Å². The van der Waals surface area contributed by atoms with Gasteiger partial charge in [-0.1, -0.05) is 6.92 Å². The molecule has 0 spiro atoms. The van der Waals surface area contributed by atoms with Crippen LogP contribution in [0, 0.1) is 0 Å². The average molecular weight is 264 g/mol. The van der Waals surface area contributed by atoms with E-state index in [0.29, 0.717) is 6.04 Å². The van der Waals surface area contributed by atoms with E-state index in [4.69, 9.17) is 0 Å². The van der Waals surface area contributed by atoms with Crippen molar-refractivity contribution in [1.29, 1.82) is 0 Å². The minimum atomic E-state index is 0.410. The minimum absolute atomic E-state index is 0.410. The lowest BCUT2D eigenvalue weighted by Crippen LogP contribution is -2.13. The van der Waals surface area contributed by atoms with Gasteiger partial charge in [-0.3, -0.25) is 0 Å². The van der Waals surface area contributed by atoms with Crippen molar-refractivity contribution in [2.75, 3.05) is 6.54 Å². The van der Waals surface area contributed by atoms with Crippen molar-refractivity contribution in [3.8, 4) is 10.7 Å². The van der Waals surface area contributed by atoms with Gasteiger partial charge >= 0.3 is 0 Å². The molecular formula is C13H20N4S. The summed E-state index contributed by atoms with van der Waals surface area (Å²) >= 11 is 1.68. The molecule has 98 valence electrons. The molecular weight excluding hydrogens is 244 g/mol. The van der Waals surface area contributed by atoms with Gasteiger partial charge in [0, 0.05) is 18.0 Å². The highest BCUT2D eigenvalue weighted by atomic mass is 32.1. The van der Waals surface area contributed by atoms with E-state index in [2.05, 4.69) is 46.0 Å². The standard InChI is InChI=1S/C13H20N4S/c1-4-5-14-6-11-8-18-13(16-11)12-7-15-9-17(12)10(2)3/h7-10,14H,4-6H2,1-3H3. The highest BCUT2D eigenvalue weighted by molar-refractivity contribution is 7.13. The van der Waals surface area contributed by atoms with Gasteiger partial charge in [0.2, 0.25) is 0 Å². The van der Waals surface area contributed by atoms with Crippen LogP contribution in [-0.4, -0.2) is 21.1 Å². The van der Waals surface area contributed by atoms with Gasteiger partial charge in [0.25, 0.3) is 0 Å². The molecule has 2 aromatic rings. The molecule has 2 aromatic heterocycles. The number of aromatic nitrogens is 3. The first-order valence-electron chi connectivity index (χ1n) is 6.39. The molecule has 0 aliphatic carbocycles. The Bertz CT molecular complexity index is 487. The van der Waals surface area contributed by atoms with E-state index in [1.54, 1.807) is 11.3 Å². The summed E-state index contributed by atoms with van der Waals surface area (Å²) in [5.74, 6) is 0. The summed E-state index contributed by atoms with van der Waals surface area (Å²) in [4.78, 5) is 8.88. The summed E-state index contributed by atoms with van der Waals surface area (Å²) in [5.41, 5.74) is 2.22. The number of hydrogen-bond donors (Lipinski definition) is 1. The van der Waals surface area contributed by atoms with Crippen LogP contribution in [0.1, 0.15) is 38.9 Å². The van der Waals surface area contributed by atoms with Crippen molar-refractivity contribution in [1.82, 2.24) is 19.9 Å². The van der Waals surface area contributed by atoms with Gasteiger partial charge in [-0.15, -0.1) is 11.3 Å². The largest absolute Gasteiger partial charge is 0.326 e. The number of imidazole rings is 1. The van der Waals surface area contributed by atoms with Crippen LogP contribution >= 0.6 is 11.3 Å². The van der Waals surface area contributed by atoms with E-state index in [-0.39, 0.29) is 0 Å². The second-order valence-electron chi connectivity index (χ2n) is 4.60. The Morgan fingerprint density at radius 2 is 2.28 bits per heavy atom. The van der Waals surface area contributed by atoms with Gasteiger partial charge in [0.15, 0.2) is 0 Å². The van der Waals surface area contributed by atoms with Gasteiger partial charge in [0.05, 0.1) is 23.9 Å². The first-order valence-corrected chi connectivity index (χ1v) is 7.27. The molecule has 18 heavy (non-hydrogen) atoms. The maximum atomic E-state index is 4.66. The molecule has 0 unspecified atom stereocenters. The minimum Gasteiger partial charge on any atom is -0.326 e. The van der Waals surface area contributed by atoms with E-state index in [0.717, 1.165) is 35.9 Å². The summed E-state index contributed by atoms with van der Waals surface area (Å²) in [6, 6.07) is 0.410. The van der Waals surface area contributed by atoms with Gasteiger partial charge in [0.1, 0.15) is 5.01 Å². The lowest BCUT2D eigenvalue weighted by molar-refractivity contribution is 0.605. The van der Waals surface area contributed by atoms with Crippen molar-refractivity contribution in [3.63, 3.8) is 0 Å². The SMILES string of the molecule is CCCNCc1csc(-c2cncn2C(C)C)n1. The normalized spacial score (nSPS) is 11.3. The topological polar surface area (TPSA) is 42.7 Å². The molecule has 5 heteroatoms. The highest BCUT2D eigenvalue weighted by Gasteiger charge is 2.11. The maximum Gasteiger partial charge on any atom is 0.141 e. The van der Waals surface area contributed by atoms with Crippen LogP contribution in [0.4, 0.5) is 0 Å². The molecule has 0 aliphatic heterocycles. The van der Waals surface area contributed by atoms with E-state index in [1.165, 1.54) is 0 Å². The van der Waals surface area contributed by atoms with E-state index in [9.17, 15) is 0 Å². The van der Waals surface area contributed by atoms with Crippen LogP contribution in [0.2, 0.25) is 0 Å². The zero-order valence-corrected chi connectivity index (χ0v) is 12.0. The number of thiazole rings is 1. The van der Waals surface area contributed by atoms with Gasteiger partial charge < -0.3 is 9.88 Å².